The van der Waals surface area contributed by atoms with Gasteiger partial charge in [-0.3, -0.25) is 0 Å². The molecule has 21 heavy (non-hydrogen) atoms. The molecule has 0 spiro atoms. The van der Waals surface area contributed by atoms with Crippen molar-refractivity contribution in [3.63, 3.8) is 0 Å². The molecule has 3 nitrogen and oxygen atoms in total. The third-order valence-electron chi connectivity index (χ3n) is 3.41. The molecule has 0 saturated heterocycles. The lowest BCUT2D eigenvalue weighted by molar-refractivity contribution is 0.154. The minimum atomic E-state index is 0.712. The van der Waals surface area contributed by atoms with E-state index in [-0.39, 0.29) is 0 Å². The molecule has 0 atom stereocenters. The molecule has 0 amide bonds. The van der Waals surface area contributed by atoms with Gasteiger partial charge in [-0.2, -0.15) is 0 Å². The van der Waals surface area contributed by atoms with Crippen LogP contribution in [-0.4, -0.2) is 26.3 Å². The number of anilines is 2. The van der Waals surface area contributed by atoms with Gasteiger partial charge in [0, 0.05) is 24.5 Å². The van der Waals surface area contributed by atoms with E-state index in [1.807, 2.05) is 24.3 Å². The quantitative estimate of drug-likeness (QED) is 0.723. The molecule has 0 aliphatic rings. The number of para-hydroxylation sites is 2. The second kappa shape index (κ2) is 8.32. The maximum Gasteiger partial charge on any atom is 0.0639 e. The Hall–Kier alpha value is -2.00. The summed E-state index contributed by atoms with van der Waals surface area (Å²) >= 11 is 0. The second-order valence-electron chi connectivity index (χ2n) is 5.10. The molecule has 0 fully saturated rings. The van der Waals surface area contributed by atoms with Crippen molar-refractivity contribution in [2.75, 3.05) is 36.9 Å². The van der Waals surface area contributed by atoms with E-state index >= 15 is 0 Å². The number of ether oxygens (including phenoxy) is 1. The van der Waals surface area contributed by atoms with Crippen LogP contribution in [0.5, 0.6) is 0 Å². The van der Waals surface area contributed by atoms with E-state index in [0.29, 0.717) is 13.2 Å². The Kier molecular flexibility index (Phi) is 6.10. The first-order valence-electron chi connectivity index (χ1n) is 7.44. The molecule has 0 radical (unpaired) electrons. The molecule has 2 aromatic rings. The van der Waals surface area contributed by atoms with Crippen molar-refractivity contribution in [2.45, 2.75) is 13.8 Å². The van der Waals surface area contributed by atoms with Gasteiger partial charge in [0.2, 0.25) is 0 Å². The van der Waals surface area contributed by atoms with Gasteiger partial charge in [-0.1, -0.05) is 36.4 Å². The van der Waals surface area contributed by atoms with E-state index in [4.69, 9.17) is 4.74 Å². The van der Waals surface area contributed by atoms with Crippen molar-refractivity contribution in [3.8, 4) is 0 Å². The van der Waals surface area contributed by atoms with Crippen LogP contribution in [0.1, 0.15) is 11.1 Å². The highest BCUT2D eigenvalue weighted by Crippen LogP contribution is 2.13. The van der Waals surface area contributed by atoms with E-state index < -0.39 is 0 Å². The van der Waals surface area contributed by atoms with Gasteiger partial charge in [-0.15, -0.1) is 0 Å². The summed E-state index contributed by atoms with van der Waals surface area (Å²) in [6.07, 6.45) is 0. The fourth-order valence-corrected chi connectivity index (χ4v) is 2.16. The Morgan fingerprint density at radius 1 is 0.714 bits per heavy atom. The normalized spacial score (nSPS) is 10.4. The summed E-state index contributed by atoms with van der Waals surface area (Å²) in [5, 5.41) is 6.77. The molecule has 0 aliphatic carbocycles. The van der Waals surface area contributed by atoms with E-state index in [2.05, 4.69) is 48.7 Å². The molecule has 0 bridgehead atoms. The second-order valence-corrected chi connectivity index (χ2v) is 5.10. The Morgan fingerprint density at radius 2 is 1.14 bits per heavy atom. The van der Waals surface area contributed by atoms with Crippen molar-refractivity contribution in [3.05, 3.63) is 59.7 Å². The van der Waals surface area contributed by atoms with Crippen LogP contribution >= 0.6 is 0 Å². The third-order valence-corrected chi connectivity index (χ3v) is 3.41. The monoisotopic (exact) mass is 284 g/mol. The Bertz CT molecular complexity index is 505. The summed E-state index contributed by atoms with van der Waals surface area (Å²) in [7, 11) is 0. The van der Waals surface area contributed by atoms with Gasteiger partial charge in [0.25, 0.3) is 0 Å². The molecule has 0 aromatic heterocycles. The topological polar surface area (TPSA) is 33.3 Å². The fraction of sp³-hybridized carbons (Fsp3) is 0.333. The number of hydrogen-bond donors (Lipinski definition) is 2. The molecular weight excluding hydrogens is 260 g/mol. The molecule has 0 aliphatic heterocycles. The van der Waals surface area contributed by atoms with Gasteiger partial charge in [-0.05, 0) is 37.1 Å². The average Bonchev–Trinajstić information content (AvgIpc) is 2.50. The zero-order chi connectivity index (χ0) is 14.9. The summed E-state index contributed by atoms with van der Waals surface area (Å²) in [5.74, 6) is 0. The van der Waals surface area contributed by atoms with E-state index in [0.717, 1.165) is 13.1 Å². The largest absolute Gasteiger partial charge is 0.383 e. The van der Waals surface area contributed by atoms with Crippen LogP contribution in [0.3, 0.4) is 0 Å². The van der Waals surface area contributed by atoms with Crippen LogP contribution in [0.2, 0.25) is 0 Å². The lowest BCUT2D eigenvalue weighted by Crippen LogP contribution is -2.15. The van der Waals surface area contributed by atoms with Crippen molar-refractivity contribution < 1.29 is 4.74 Å². The molecule has 2 aromatic carbocycles. The van der Waals surface area contributed by atoms with Crippen molar-refractivity contribution in [2.24, 2.45) is 0 Å². The molecule has 2 N–H and O–H groups in total. The minimum Gasteiger partial charge on any atom is -0.383 e. The van der Waals surface area contributed by atoms with Crippen molar-refractivity contribution in [1.82, 2.24) is 0 Å². The first-order valence-corrected chi connectivity index (χ1v) is 7.44. The zero-order valence-corrected chi connectivity index (χ0v) is 12.9. The summed E-state index contributed by atoms with van der Waals surface area (Å²) in [6.45, 7) is 7.29. The van der Waals surface area contributed by atoms with E-state index in [9.17, 15) is 0 Å². The van der Waals surface area contributed by atoms with Gasteiger partial charge < -0.3 is 15.4 Å². The van der Waals surface area contributed by atoms with E-state index in [1.54, 1.807) is 0 Å². The number of hydrogen-bond acceptors (Lipinski definition) is 3. The molecule has 0 heterocycles. The first-order chi connectivity index (χ1) is 10.3. The minimum absolute atomic E-state index is 0.712. The van der Waals surface area contributed by atoms with Crippen molar-refractivity contribution in [1.29, 1.82) is 0 Å². The summed E-state index contributed by atoms with van der Waals surface area (Å²) < 4.78 is 5.63. The first kappa shape index (κ1) is 15.4. The average molecular weight is 284 g/mol. The van der Waals surface area contributed by atoms with E-state index in [1.165, 1.54) is 22.5 Å². The Balaban J connectivity index is 1.57. The SMILES string of the molecule is Cc1ccccc1NCCOCCNc1ccccc1C. The highest BCUT2D eigenvalue weighted by Gasteiger charge is 1.97. The van der Waals surface area contributed by atoms with Gasteiger partial charge in [0.15, 0.2) is 0 Å². The number of aryl methyl sites for hydroxylation is 2. The number of benzene rings is 2. The Morgan fingerprint density at radius 3 is 1.57 bits per heavy atom. The number of nitrogens with one attached hydrogen (secondary N) is 2. The van der Waals surface area contributed by atoms with Gasteiger partial charge in [0.1, 0.15) is 0 Å². The van der Waals surface area contributed by atoms with Gasteiger partial charge in [-0.25, -0.2) is 0 Å². The van der Waals surface area contributed by atoms with Crippen LogP contribution in [-0.2, 0) is 4.74 Å². The lowest BCUT2D eigenvalue weighted by Gasteiger charge is -2.11. The van der Waals surface area contributed by atoms with Crippen LogP contribution in [0.4, 0.5) is 11.4 Å². The number of rotatable bonds is 8. The molecule has 3 heteroatoms. The lowest BCUT2D eigenvalue weighted by atomic mass is 10.2. The molecular formula is C18H24N2O. The van der Waals surface area contributed by atoms with Crippen molar-refractivity contribution >= 4 is 11.4 Å². The van der Waals surface area contributed by atoms with Gasteiger partial charge >= 0.3 is 0 Å². The van der Waals surface area contributed by atoms with Crippen LogP contribution in [0.15, 0.2) is 48.5 Å². The zero-order valence-electron chi connectivity index (χ0n) is 12.9. The summed E-state index contributed by atoms with van der Waals surface area (Å²) in [5.41, 5.74) is 4.88. The molecule has 112 valence electrons. The standard InChI is InChI=1S/C18H24N2O/c1-15-7-3-5-9-17(15)19-11-13-21-14-12-20-18-10-6-4-8-16(18)2/h3-10,19-20H,11-14H2,1-2H3. The molecule has 2 rings (SSSR count). The van der Waals surface area contributed by atoms with Crippen LogP contribution < -0.4 is 10.6 Å². The van der Waals surface area contributed by atoms with Gasteiger partial charge in [0.05, 0.1) is 13.2 Å². The highest BCUT2D eigenvalue weighted by molar-refractivity contribution is 5.50. The predicted octanol–water partition coefficient (Wildman–Crippen LogP) is 3.84. The third kappa shape index (κ3) is 5.12. The van der Waals surface area contributed by atoms with Crippen LogP contribution in [0.25, 0.3) is 0 Å². The predicted molar refractivity (Wildman–Crippen MR) is 90.2 cm³/mol. The summed E-state index contributed by atoms with van der Waals surface area (Å²) in [4.78, 5) is 0. The Labute approximate surface area is 127 Å². The fourth-order valence-electron chi connectivity index (χ4n) is 2.16. The highest BCUT2D eigenvalue weighted by atomic mass is 16.5. The van der Waals surface area contributed by atoms with Crippen LogP contribution in [0, 0.1) is 13.8 Å². The molecule has 0 saturated carbocycles. The molecule has 0 unspecified atom stereocenters. The maximum absolute atomic E-state index is 5.63. The smallest absolute Gasteiger partial charge is 0.0639 e. The maximum atomic E-state index is 5.63. The summed E-state index contributed by atoms with van der Waals surface area (Å²) in [6, 6.07) is 16.6.